The number of halogens is 1. The predicted octanol–water partition coefficient (Wildman–Crippen LogP) is -1.69. The van der Waals surface area contributed by atoms with Crippen LogP contribution in [-0.4, -0.2) is 25.8 Å². The molecule has 0 aliphatic carbocycles. The molecule has 0 saturated carbocycles. The Kier molecular flexibility index (Phi) is 2.95. The van der Waals surface area contributed by atoms with Crippen LogP contribution in [0.4, 0.5) is 4.79 Å². The van der Waals surface area contributed by atoms with E-state index in [-0.39, 0.29) is 21.2 Å². The zero-order valence-corrected chi connectivity index (χ0v) is 8.59. The molecule has 0 unspecified atom stereocenters. The molecule has 0 aromatic carbocycles. The van der Waals surface area contributed by atoms with E-state index in [0.29, 0.717) is 9.96 Å². The number of hydrogen-bond donors (Lipinski definition) is 0. The molecule has 1 heterocycles. The summed E-state index contributed by atoms with van der Waals surface area (Å²) in [4.78, 5) is 13.2. The van der Waals surface area contributed by atoms with Crippen molar-refractivity contribution in [2.45, 2.75) is 26.3 Å². The quantitative estimate of drug-likeness (QED) is 0.237. The number of alkyl halides is 1. The second-order valence-electron chi connectivity index (χ2n) is 2.72. The summed E-state index contributed by atoms with van der Waals surface area (Å²) in [6, 6.07) is 0.424. The van der Waals surface area contributed by atoms with Gasteiger partial charge in [0.15, 0.2) is 0 Å². The van der Waals surface area contributed by atoms with Gasteiger partial charge in [0.05, 0.1) is 0 Å². The molecule has 1 fully saturated rings. The average molecular weight is 254 g/mol. The summed E-state index contributed by atoms with van der Waals surface area (Å²) in [5, 5.41) is 0. The Labute approximate surface area is 72.2 Å². The molecule has 1 aliphatic heterocycles. The van der Waals surface area contributed by atoms with Gasteiger partial charge in [-0.25, -0.2) is 0 Å². The van der Waals surface area contributed by atoms with Crippen LogP contribution in [0.3, 0.4) is 0 Å². The molecular weight excluding hydrogens is 241 g/mol. The minimum atomic E-state index is -0.135. The molecule has 0 spiro atoms. The summed E-state index contributed by atoms with van der Waals surface area (Å²) < 4.78 is 1.64. The molecule has 3 heteroatoms. The number of carbonyl (C=O) groups excluding carboxylic acids is 1. The first kappa shape index (κ1) is 8.30. The normalized spacial score (nSPS) is 21.1. The van der Waals surface area contributed by atoms with Crippen molar-refractivity contribution < 1.29 is 26.0 Å². The molecule has 0 N–H and O–H groups in total. The molecule has 0 bridgehead atoms. The van der Waals surface area contributed by atoms with Gasteiger partial charge in [-0.05, 0) is 0 Å². The molecule has 2 nitrogen and oxygen atoms in total. The molecule has 1 aliphatic rings. The zero-order valence-electron chi connectivity index (χ0n) is 6.43. The first-order valence-electron chi connectivity index (χ1n) is 3.61. The Bertz CT molecular complexity index is 136. The van der Waals surface area contributed by atoms with E-state index < -0.39 is 0 Å². The monoisotopic (exact) mass is 254 g/mol. The van der Waals surface area contributed by atoms with Crippen LogP contribution in [0.2, 0.25) is 0 Å². The predicted molar refractivity (Wildman–Crippen MR) is 36.7 cm³/mol. The molecule has 0 aromatic rings. The van der Waals surface area contributed by atoms with E-state index in [4.69, 9.17) is 0 Å². The van der Waals surface area contributed by atoms with Gasteiger partial charge in [-0.3, -0.25) is 0 Å². The number of hydrogen-bond acceptors (Lipinski definition) is 1. The first-order chi connectivity index (χ1) is 4.72. The van der Waals surface area contributed by atoms with Gasteiger partial charge < -0.3 is 0 Å². The van der Waals surface area contributed by atoms with E-state index in [0.717, 1.165) is 6.54 Å². The van der Waals surface area contributed by atoms with Crippen LogP contribution >= 0.6 is 0 Å². The first-order valence-corrected chi connectivity index (χ1v) is 6.22. The van der Waals surface area contributed by atoms with Crippen LogP contribution in [0, 0.1) is 0 Å². The van der Waals surface area contributed by atoms with Gasteiger partial charge in [-0.1, -0.05) is 0 Å². The second kappa shape index (κ2) is 3.55. The molecule has 60 valence electrons. The number of nitrogens with zero attached hydrogens (tertiary/aromatic N) is 1. The summed E-state index contributed by atoms with van der Waals surface area (Å²) >= 11 is -0.135. The molecule has 0 aromatic heterocycles. The molecule has 0 radical (unpaired) electrons. The topological polar surface area (TPSA) is 20.3 Å². The van der Waals surface area contributed by atoms with Crippen molar-refractivity contribution in [3.63, 3.8) is 0 Å². The number of carbonyl (C=O) groups is 1. The molecule has 10 heavy (non-hydrogen) atoms. The fourth-order valence-electron chi connectivity index (χ4n) is 1.00. The van der Waals surface area contributed by atoms with Crippen molar-refractivity contribution in [2.75, 3.05) is 11.0 Å². The SMILES string of the molecule is CC(C)N1CCC[I-]C1=O. The zero-order chi connectivity index (χ0) is 7.56. The third-order valence-electron chi connectivity index (χ3n) is 1.59. The van der Waals surface area contributed by atoms with Gasteiger partial charge in [0.1, 0.15) is 0 Å². The standard InChI is InChI=1S/C7H13INO/c1-6(2)9-5-3-4-8-7(9)10/h6H,3-5H2,1-2H3/q-1. The van der Waals surface area contributed by atoms with E-state index in [2.05, 4.69) is 13.8 Å². The fourth-order valence-corrected chi connectivity index (χ4v) is 3.42. The Balaban J connectivity index is 2.48. The van der Waals surface area contributed by atoms with Crippen molar-refractivity contribution in [3.8, 4) is 0 Å². The molecule has 0 atom stereocenters. The van der Waals surface area contributed by atoms with Crippen molar-refractivity contribution in [1.29, 1.82) is 0 Å². The summed E-state index contributed by atoms with van der Waals surface area (Å²) in [5.74, 6) is 0. The third-order valence-corrected chi connectivity index (χ3v) is 4.16. The third kappa shape index (κ3) is 1.84. The van der Waals surface area contributed by atoms with E-state index in [1.165, 1.54) is 10.8 Å². The number of amides is 1. The Hall–Kier alpha value is 0.200. The molecule has 1 rings (SSSR count). The summed E-state index contributed by atoms with van der Waals surface area (Å²) in [6.45, 7) is 5.18. The Morgan fingerprint density at radius 1 is 1.60 bits per heavy atom. The maximum absolute atomic E-state index is 11.2. The van der Waals surface area contributed by atoms with Gasteiger partial charge in [0.2, 0.25) is 0 Å². The number of rotatable bonds is 1. The van der Waals surface area contributed by atoms with Crippen LogP contribution in [0.15, 0.2) is 0 Å². The summed E-state index contributed by atoms with van der Waals surface area (Å²) in [7, 11) is 0. The van der Waals surface area contributed by atoms with Crippen molar-refractivity contribution >= 4 is 3.91 Å². The van der Waals surface area contributed by atoms with Gasteiger partial charge >= 0.3 is 72.1 Å². The second-order valence-corrected chi connectivity index (χ2v) is 5.48. The van der Waals surface area contributed by atoms with E-state index in [9.17, 15) is 4.79 Å². The summed E-state index contributed by atoms with van der Waals surface area (Å²) in [5.41, 5.74) is 0. The van der Waals surface area contributed by atoms with E-state index in [1.54, 1.807) is 0 Å². The van der Waals surface area contributed by atoms with E-state index in [1.807, 2.05) is 4.90 Å². The maximum atomic E-state index is 11.2. The van der Waals surface area contributed by atoms with Crippen LogP contribution in [0.25, 0.3) is 0 Å². The molecule has 1 saturated heterocycles. The van der Waals surface area contributed by atoms with Crippen LogP contribution in [0.1, 0.15) is 20.3 Å². The van der Waals surface area contributed by atoms with E-state index >= 15 is 0 Å². The minimum absolute atomic E-state index is 0.135. The fraction of sp³-hybridized carbons (Fsp3) is 0.857. The van der Waals surface area contributed by atoms with Crippen molar-refractivity contribution in [1.82, 2.24) is 4.90 Å². The average Bonchev–Trinajstić information content (AvgIpc) is 1.88. The Morgan fingerprint density at radius 3 is 2.70 bits per heavy atom. The van der Waals surface area contributed by atoms with Gasteiger partial charge in [-0.2, -0.15) is 0 Å². The molecule has 1 amide bonds. The van der Waals surface area contributed by atoms with Crippen molar-refractivity contribution in [2.24, 2.45) is 0 Å². The van der Waals surface area contributed by atoms with Crippen molar-refractivity contribution in [3.05, 3.63) is 0 Å². The van der Waals surface area contributed by atoms with Gasteiger partial charge in [0, 0.05) is 0 Å². The van der Waals surface area contributed by atoms with Gasteiger partial charge in [0.25, 0.3) is 0 Å². The van der Waals surface area contributed by atoms with Crippen LogP contribution in [0.5, 0.6) is 0 Å². The molecular formula is C7H13INO-. The van der Waals surface area contributed by atoms with Gasteiger partial charge in [-0.15, -0.1) is 0 Å². The summed E-state index contributed by atoms with van der Waals surface area (Å²) in [6.07, 6.45) is 1.23. The Morgan fingerprint density at radius 2 is 2.30 bits per heavy atom. The van der Waals surface area contributed by atoms with Crippen LogP contribution < -0.4 is 21.2 Å². The van der Waals surface area contributed by atoms with Crippen LogP contribution in [-0.2, 0) is 0 Å².